The van der Waals surface area contributed by atoms with E-state index in [4.69, 9.17) is 14.9 Å². The third kappa shape index (κ3) is 6.36. The lowest BCUT2D eigenvalue weighted by Gasteiger charge is -2.39. The molecule has 4 N–H and O–H groups in total. The minimum Gasteiger partial charge on any atom is -0.378 e. The number of allylic oxidation sites excluding steroid dienone is 1. The number of nitrogens with one attached hydrogen (secondary N) is 2. The van der Waals surface area contributed by atoms with Gasteiger partial charge in [0.2, 0.25) is 27.9 Å². The third-order valence-corrected chi connectivity index (χ3v) is 9.85. The van der Waals surface area contributed by atoms with Crippen molar-refractivity contribution in [3.63, 3.8) is 0 Å². The van der Waals surface area contributed by atoms with Crippen LogP contribution in [0.2, 0.25) is 0 Å². The van der Waals surface area contributed by atoms with Gasteiger partial charge in [0.15, 0.2) is 0 Å². The molecule has 2 heterocycles. The van der Waals surface area contributed by atoms with E-state index in [9.17, 15) is 8.42 Å². The van der Waals surface area contributed by atoms with Gasteiger partial charge in [0.05, 0.1) is 13.2 Å². The number of morpholine rings is 1. The molecule has 1 saturated heterocycles. The molecular weight excluding hydrogens is 514 g/mol. The molecule has 1 aromatic carbocycles. The van der Waals surface area contributed by atoms with Crippen LogP contribution in [0, 0.1) is 11.8 Å². The van der Waals surface area contributed by atoms with Crippen LogP contribution < -0.4 is 20.7 Å². The summed E-state index contributed by atoms with van der Waals surface area (Å²) in [5.74, 6) is 2.59. The molecular formula is C28H41N7O3S. The second-order valence-electron chi connectivity index (χ2n) is 11.4. The van der Waals surface area contributed by atoms with Crippen LogP contribution in [0.4, 0.5) is 17.8 Å². The average molecular weight is 556 g/mol. The largest absolute Gasteiger partial charge is 0.378 e. The lowest BCUT2D eigenvalue weighted by molar-refractivity contribution is 0.122. The van der Waals surface area contributed by atoms with Crippen LogP contribution in [-0.4, -0.2) is 62.3 Å². The minimum atomic E-state index is -3.79. The van der Waals surface area contributed by atoms with Crippen molar-refractivity contribution in [1.82, 2.24) is 15.0 Å². The first-order valence-corrected chi connectivity index (χ1v) is 15.7. The van der Waals surface area contributed by atoms with E-state index >= 15 is 0 Å². The van der Waals surface area contributed by atoms with E-state index in [0.29, 0.717) is 55.7 Å². The van der Waals surface area contributed by atoms with Gasteiger partial charge < -0.3 is 20.3 Å². The van der Waals surface area contributed by atoms with E-state index in [2.05, 4.69) is 39.3 Å². The van der Waals surface area contributed by atoms with Gasteiger partial charge in [-0.3, -0.25) is 0 Å². The number of sulfonamides is 1. The maximum atomic E-state index is 13.0. The number of primary sulfonamides is 1. The van der Waals surface area contributed by atoms with Crippen LogP contribution in [0.3, 0.4) is 0 Å². The van der Waals surface area contributed by atoms with Crippen molar-refractivity contribution in [3.05, 3.63) is 41.5 Å². The number of nitrogens with two attached hydrogens (primary N) is 1. The predicted octanol–water partition coefficient (Wildman–Crippen LogP) is 3.74. The standard InChI is InChI=1S/C28H41N7O3S/c1-20(2)31-26-32-25(33-27(34-26)35-14-16-38-17-15-35)30-19-22-11-9-21(10-12-22)18-28(39(29,36)37)13-5-7-23-6-3-4-8-24(23)28/h3-8,20-22H,9-19H2,1-2H3,(H2,29,36,37)(H2,30,31,32,33,34). The Hall–Kier alpha value is -2.76. The Kier molecular flexibility index (Phi) is 8.39. The topological polar surface area (TPSA) is 135 Å². The average Bonchev–Trinajstić information content (AvgIpc) is 2.92. The molecule has 212 valence electrons. The second-order valence-corrected chi connectivity index (χ2v) is 13.3. The van der Waals surface area contributed by atoms with E-state index in [1.165, 1.54) is 0 Å². The number of hydrogen-bond acceptors (Lipinski definition) is 9. The quantitative estimate of drug-likeness (QED) is 0.423. The Labute approximate surface area is 231 Å². The lowest BCUT2D eigenvalue weighted by Crippen LogP contribution is -2.44. The molecule has 11 heteroatoms. The molecule has 10 nitrogen and oxygen atoms in total. The molecule has 5 rings (SSSR count). The highest BCUT2D eigenvalue weighted by Gasteiger charge is 2.46. The summed E-state index contributed by atoms with van der Waals surface area (Å²) in [7, 11) is -3.79. The van der Waals surface area contributed by atoms with Crippen LogP contribution in [0.25, 0.3) is 6.08 Å². The molecule has 1 atom stereocenters. The SMILES string of the molecule is CC(C)Nc1nc(NCC2CCC(CC3(S(N)(=O)=O)CC=Cc4ccccc43)CC2)nc(N2CCOCC2)n1. The number of benzene rings is 1. The van der Waals surface area contributed by atoms with Crippen LogP contribution in [0.15, 0.2) is 30.3 Å². The minimum absolute atomic E-state index is 0.209. The molecule has 0 amide bonds. The zero-order valence-corrected chi connectivity index (χ0v) is 23.8. The Morgan fingerprint density at radius 1 is 1.05 bits per heavy atom. The molecule has 3 aliphatic rings. The zero-order chi connectivity index (χ0) is 27.5. The van der Waals surface area contributed by atoms with Crippen molar-refractivity contribution in [2.24, 2.45) is 17.0 Å². The van der Waals surface area contributed by atoms with Gasteiger partial charge >= 0.3 is 0 Å². The first kappa shape index (κ1) is 27.8. The van der Waals surface area contributed by atoms with Crippen molar-refractivity contribution >= 4 is 33.9 Å². The number of hydrogen-bond donors (Lipinski definition) is 3. The smallest absolute Gasteiger partial charge is 0.232 e. The highest BCUT2D eigenvalue weighted by Crippen LogP contribution is 2.46. The molecule has 0 radical (unpaired) electrons. The van der Waals surface area contributed by atoms with Gasteiger partial charge in [-0.05, 0) is 62.5 Å². The Balaban J connectivity index is 1.22. The van der Waals surface area contributed by atoms with E-state index in [-0.39, 0.29) is 6.04 Å². The number of rotatable bonds is 9. The summed E-state index contributed by atoms with van der Waals surface area (Å²) in [6.45, 7) is 7.74. The summed E-state index contributed by atoms with van der Waals surface area (Å²) in [6.07, 6.45) is 8.97. The number of nitrogens with zero attached hydrogens (tertiary/aromatic N) is 4. The van der Waals surface area contributed by atoms with Crippen LogP contribution in [0.5, 0.6) is 0 Å². The number of ether oxygens (including phenoxy) is 1. The summed E-state index contributed by atoms with van der Waals surface area (Å²) in [6, 6.07) is 7.97. The van der Waals surface area contributed by atoms with Crippen molar-refractivity contribution in [1.29, 1.82) is 0 Å². The molecule has 2 fully saturated rings. The van der Waals surface area contributed by atoms with Gasteiger partial charge in [-0.1, -0.05) is 49.3 Å². The molecule has 39 heavy (non-hydrogen) atoms. The summed E-state index contributed by atoms with van der Waals surface area (Å²) in [5, 5.41) is 12.7. The highest BCUT2D eigenvalue weighted by molar-refractivity contribution is 7.90. The molecule has 0 bridgehead atoms. The number of aromatic nitrogens is 3. The Bertz CT molecular complexity index is 1270. The van der Waals surface area contributed by atoms with Gasteiger partial charge in [-0.15, -0.1) is 0 Å². The third-order valence-electron chi connectivity index (χ3n) is 8.21. The van der Waals surface area contributed by atoms with Crippen molar-refractivity contribution in [2.45, 2.75) is 63.2 Å². The van der Waals surface area contributed by atoms with Gasteiger partial charge in [-0.25, -0.2) is 13.6 Å². The summed E-state index contributed by atoms with van der Waals surface area (Å²) in [5.41, 5.74) is 1.80. The fourth-order valence-electron chi connectivity index (χ4n) is 6.14. The first-order valence-electron chi connectivity index (χ1n) is 14.1. The Morgan fingerprint density at radius 2 is 1.74 bits per heavy atom. The number of anilines is 3. The van der Waals surface area contributed by atoms with Crippen molar-refractivity contribution < 1.29 is 13.2 Å². The predicted molar refractivity (Wildman–Crippen MR) is 155 cm³/mol. The van der Waals surface area contributed by atoms with E-state index in [0.717, 1.165) is 56.4 Å². The molecule has 1 unspecified atom stereocenters. The highest BCUT2D eigenvalue weighted by atomic mass is 32.2. The maximum absolute atomic E-state index is 13.0. The molecule has 1 aliphatic heterocycles. The lowest BCUT2D eigenvalue weighted by atomic mass is 9.74. The van der Waals surface area contributed by atoms with Crippen molar-refractivity contribution in [3.8, 4) is 0 Å². The van der Waals surface area contributed by atoms with Crippen LogP contribution in [-0.2, 0) is 19.5 Å². The monoisotopic (exact) mass is 555 g/mol. The van der Waals surface area contributed by atoms with Crippen LogP contribution >= 0.6 is 0 Å². The van der Waals surface area contributed by atoms with Gasteiger partial charge in [0, 0.05) is 25.7 Å². The Morgan fingerprint density at radius 3 is 2.46 bits per heavy atom. The molecule has 1 aromatic heterocycles. The molecule has 0 spiro atoms. The van der Waals surface area contributed by atoms with Crippen LogP contribution in [0.1, 0.15) is 63.5 Å². The summed E-state index contributed by atoms with van der Waals surface area (Å²) >= 11 is 0. The second kappa shape index (κ2) is 11.8. The molecule has 1 saturated carbocycles. The summed E-state index contributed by atoms with van der Waals surface area (Å²) in [4.78, 5) is 16.1. The van der Waals surface area contributed by atoms with E-state index < -0.39 is 14.8 Å². The fourth-order valence-corrected chi connectivity index (χ4v) is 7.42. The number of fused-ring (bicyclic) bond motifs is 1. The van der Waals surface area contributed by atoms with Gasteiger partial charge in [-0.2, -0.15) is 15.0 Å². The summed E-state index contributed by atoms with van der Waals surface area (Å²) < 4.78 is 30.4. The van der Waals surface area contributed by atoms with E-state index in [1.54, 1.807) is 0 Å². The van der Waals surface area contributed by atoms with Gasteiger partial charge in [0.25, 0.3) is 0 Å². The fraction of sp³-hybridized carbons (Fsp3) is 0.607. The normalized spacial score (nSPS) is 25.4. The molecule has 2 aliphatic carbocycles. The van der Waals surface area contributed by atoms with E-state index in [1.807, 2.05) is 36.4 Å². The first-order chi connectivity index (χ1) is 18.7. The van der Waals surface area contributed by atoms with Crippen molar-refractivity contribution in [2.75, 3.05) is 48.4 Å². The maximum Gasteiger partial charge on any atom is 0.232 e. The zero-order valence-electron chi connectivity index (χ0n) is 23.0. The van der Waals surface area contributed by atoms with Gasteiger partial charge in [0.1, 0.15) is 4.75 Å². The molecule has 2 aromatic rings.